The molecule has 2 heterocycles. The summed E-state index contributed by atoms with van der Waals surface area (Å²) >= 11 is 0.934. The normalized spacial score (nSPS) is 13.4. The maximum absolute atomic E-state index is 15.3. The van der Waals surface area contributed by atoms with Gasteiger partial charge in [-0.1, -0.05) is 11.2 Å². The van der Waals surface area contributed by atoms with E-state index in [-0.39, 0.29) is 27.7 Å². The predicted octanol–water partition coefficient (Wildman–Crippen LogP) is 5.59. The number of aromatic nitrogens is 3. The number of nitrogens with zero attached hydrogens (tertiary/aromatic N) is 2. The molecule has 2 aromatic carbocycles. The summed E-state index contributed by atoms with van der Waals surface area (Å²) in [6, 6.07) is 7.83. The Morgan fingerprint density at radius 3 is 2.78 bits per heavy atom. The molecular weight excluding hydrogens is 440 g/mol. The standard InChI is InChI=1S/C21H19F2N5O3S/c1-29-14-5-3-4-11(22)20(14)32-28-21-17-15(31-27-21)8-13(18(23)19(17)30-2)24-16-9-12(25-26-16)10-6-7-10/h3-5,8-10H,6-7H2,1-2H3,(H,27,28)(H2,24,25,26). The minimum absolute atomic E-state index is 0.0622. The maximum Gasteiger partial charge on any atom is 0.191 e. The first-order valence-electron chi connectivity index (χ1n) is 9.82. The quantitative estimate of drug-likeness (QED) is 0.294. The molecule has 0 atom stereocenters. The van der Waals surface area contributed by atoms with Gasteiger partial charge in [-0.05, 0) is 36.9 Å². The summed E-state index contributed by atoms with van der Waals surface area (Å²) in [5.41, 5.74) is 1.44. The average molecular weight is 459 g/mol. The van der Waals surface area contributed by atoms with Crippen LogP contribution < -0.4 is 19.5 Å². The molecule has 8 nitrogen and oxygen atoms in total. The monoisotopic (exact) mass is 459 g/mol. The summed E-state index contributed by atoms with van der Waals surface area (Å²) < 4.78 is 48.3. The van der Waals surface area contributed by atoms with Crippen LogP contribution in [-0.2, 0) is 0 Å². The van der Waals surface area contributed by atoms with E-state index in [4.69, 9.17) is 14.0 Å². The Kier molecular flexibility index (Phi) is 5.25. The zero-order valence-corrected chi connectivity index (χ0v) is 18.0. The molecule has 1 saturated carbocycles. The van der Waals surface area contributed by atoms with Crippen molar-refractivity contribution in [1.82, 2.24) is 15.4 Å². The number of anilines is 3. The van der Waals surface area contributed by atoms with Crippen molar-refractivity contribution >= 4 is 40.2 Å². The lowest BCUT2D eigenvalue weighted by molar-refractivity contribution is 0.392. The predicted molar refractivity (Wildman–Crippen MR) is 117 cm³/mol. The second kappa shape index (κ2) is 8.23. The van der Waals surface area contributed by atoms with Crippen LogP contribution >= 0.6 is 11.9 Å². The van der Waals surface area contributed by atoms with Gasteiger partial charge in [0.1, 0.15) is 21.8 Å². The van der Waals surface area contributed by atoms with Crippen LogP contribution in [0.15, 0.2) is 39.8 Å². The number of halogens is 2. The number of aromatic amines is 1. The summed E-state index contributed by atoms with van der Waals surface area (Å²) in [6.07, 6.45) is 2.25. The smallest absolute Gasteiger partial charge is 0.191 e. The van der Waals surface area contributed by atoms with Gasteiger partial charge in [0.05, 0.1) is 19.9 Å². The zero-order chi connectivity index (χ0) is 22.2. The highest BCUT2D eigenvalue weighted by atomic mass is 32.2. The van der Waals surface area contributed by atoms with Crippen LogP contribution in [0.4, 0.5) is 26.1 Å². The van der Waals surface area contributed by atoms with Crippen LogP contribution in [0.25, 0.3) is 11.0 Å². The highest BCUT2D eigenvalue weighted by Gasteiger charge is 2.26. The topological polar surface area (TPSA) is 97.2 Å². The summed E-state index contributed by atoms with van der Waals surface area (Å²) in [6.45, 7) is 0. The molecule has 0 aliphatic heterocycles. The Bertz CT molecular complexity index is 1290. The van der Waals surface area contributed by atoms with Crippen LogP contribution in [0.5, 0.6) is 11.5 Å². The fraction of sp³-hybridized carbons (Fsp3) is 0.238. The first-order chi connectivity index (χ1) is 15.6. The molecule has 0 bridgehead atoms. The van der Waals surface area contributed by atoms with E-state index < -0.39 is 11.6 Å². The van der Waals surface area contributed by atoms with Gasteiger partial charge in [-0.15, -0.1) is 0 Å². The molecule has 11 heteroatoms. The number of H-pyrrole nitrogens is 1. The van der Waals surface area contributed by atoms with Gasteiger partial charge >= 0.3 is 0 Å². The molecular formula is C21H19F2N5O3S. The number of ether oxygens (including phenoxy) is 2. The number of methoxy groups -OCH3 is 2. The van der Waals surface area contributed by atoms with Gasteiger partial charge in [0.2, 0.25) is 0 Å². The summed E-state index contributed by atoms with van der Waals surface area (Å²) in [5, 5.41) is 14.4. The van der Waals surface area contributed by atoms with E-state index in [2.05, 4.69) is 25.4 Å². The molecule has 0 amide bonds. The fourth-order valence-corrected chi connectivity index (χ4v) is 4.15. The minimum Gasteiger partial charge on any atom is -0.495 e. The van der Waals surface area contributed by atoms with E-state index in [1.54, 1.807) is 12.1 Å². The Hall–Kier alpha value is -3.47. The SMILES string of the molecule is COc1cccc(F)c1SNc1noc2cc(Nc3cc(C4CC4)[nH]n3)c(F)c(OC)c12. The largest absolute Gasteiger partial charge is 0.495 e. The molecule has 3 N–H and O–H groups in total. The number of fused-ring (bicyclic) bond motifs is 1. The number of nitrogens with one attached hydrogen (secondary N) is 3. The second-order valence-electron chi connectivity index (χ2n) is 7.26. The van der Waals surface area contributed by atoms with Gasteiger partial charge in [-0.2, -0.15) is 5.10 Å². The lowest BCUT2D eigenvalue weighted by Gasteiger charge is -2.11. The molecule has 4 aromatic rings. The second-order valence-corrected chi connectivity index (χ2v) is 8.08. The van der Waals surface area contributed by atoms with Crippen LogP contribution in [0.1, 0.15) is 24.5 Å². The Morgan fingerprint density at radius 2 is 2.03 bits per heavy atom. The van der Waals surface area contributed by atoms with Gasteiger partial charge < -0.3 is 24.0 Å². The van der Waals surface area contributed by atoms with Crippen LogP contribution in [0.2, 0.25) is 0 Å². The van der Waals surface area contributed by atoms with Gasteiger partial charge in [-0.3, -0.25) is 5.10 Å². The number of rotatable bonds is 8. The van der Waals surface area contributed by atoms with Crippen molar-refractivity contribution in [3.05, 3.63) is 47.7 Å². The number of hydrogen-bond acceptors (Lipinski definition) is 8. The molecule has 2 aromatic heterocycles. The van der Waals surface area contributed by atoms with E-state index in [1.807, 2.05) is 6.07 Å². The van der Waals surface area contributed by atoms with Crippen molar-refractivity contribution < 1.29 is 22.8 Å². The van der Waals surface area contributed by atoms with Crippen molar-refractivity contribution in [1.29, 1.82) is 0 Å². The fourth-order valence-electron chi connectivity index (χ4n) is 3.39. The third-order valence-corrected chi connectivity index (χ3v) is 6.03. The molecule has 0 radical (unpaired) electrons. The van der Waals surface area contributed by atoms with Crippen molar-refractivity contribution in [3.8, 4) is 11.5 Å². The van der Waals surface area contributed by atoms with Gasteiger partial charge in [0, 0.05) is 23.7 Å². The summed E-state index contributed by atoms with van der Waals surface area (Å²) in [4.78, 5) is 0.230. The molecule has 1 fully saturated rings. The third-order valence-electron chi connectivity index (χ3n) is 5.14. The Labute approximate surface area is 185 Å². The summed E-state index contributed by atoms with van der Waals surface area (Å²) in [5.74, 6) is 0.367. The highest BCUT2D eigenvalue weighted by Crippen LogP contribution is 2.42. The van der Waals surface area contributed by atoms with E-state index in [0.717, 1.165) is 30.5 Å². The summed E-state index contributed by atoms with van der Waals surface area (Å²) in [7, 11) is 2.80. The Balaban J connectivity index is 1.45. The molecule has 1 aliphatic carbocycles. The van der Waals surface area contributed by atoms with Crippen LogP contribution in [-0.4, -0.2) is 29.6 Å². The first-order valence-corrected chi connectivity index (χ1v) is 10.6. The zero-order valence-electron chi connectivity index (χ0n) is 17.2. The molecule has 1 aliphatic rings. The Morgan fingerprint density at radius 1 is 1.19 bits per heavy atom. The maximum atomic E-state index is 15.3. The van der Waals surface area contributed by atoms with Gasteiger partial charge in [0.25, 0.3) is 0 Å². The molecule has 32 heavy (non-hydrogen) atoms. The minimum atomic E-state index is -0.629. The highest BCUT2D eigenvalue weighted by molar-refractivity contribution is 8.00. The molecule has 0 unspecified atom stereocenters. The number of benzene rings is 2. The first kappa shape index (κ1) is 20.4. The van der Waals surface area contributed by atoms with Crippen molar-refractivity contribution in [2.45, 2.75) is 23.7 Å². The molecule has 5 rings (SSSR count). The lowest BCUT2D eigenvalue weighted by Crippen LogP contribution is -1.99. The molecule has 166 valence electrons. The molecule has 0 spiro atoms. The third kappa shape index (κ3) is 3.68. The van der Waals surface area contributed by atoms with E-state index in [9.17, 15) is 4.39 Å². The lowest BCUT2D eigenvalue weighted by atomic mass is 10.2. The van der Waals surface area contributed by atoms with Gasteiger partial charge in [-0.25, -0.2) is 8.78 Å². The van der Waals surface area contributed by atoms with Crippen molar-refractivity contribution in [2.75, 3.05) is 24.3 Å². The van der Waals surface area contributed by atoms with E-state index in [1.165, 1.54) is 26.4 Å². The molecule has 0 saturated heterocycles. The van der Waals surface area contributed by atoms with Crippen LogP contribution in [0, 0.1) is 11.6 Å². The number of hydrogen-bond donors (Lipinski definition) is 3. The van der Waals surface area contributed by atoms with Crippen molar-refractivity contribution in [3.63, 3.8) is 0 Å². The van der Waals surface area contributed by atoms with E-state index in [0.29, 0.717) is 22.9 Å². The van der Waals surface area contributed by atoms with E-state index >= 15 is 4.39 Å². The average Bonchev–Trinajstić information content (AvgIpc) is 3.42. The van der Waals surface area contributed by atoms with Crippen LogP contribution in [0.3, 0.4) is 0 Å². The van der Waals surface area contributed by atoms with Crippen molar-refractivity contribution in [2.24, 2.45) is 0 Å². The van der Waals surface area contributed by atoms with Gasteiger partial charge in [0.15, 0.2) is 28.8 Å².